The van der Waals surface area contributed by atoms with Crippen LogP contribution in [-0.4, -0.2) is 30.3 Å². The second-order valence-electron chi connectivity index (χ2n) is 3.89. The number of halogens is 1. The van der Waals surface area contributed by atoms with Crippen molar-refractivity contribution in [3.63, 3.8) is 0 Å². The molecule has 1 rings (SSSR count). The Hall–Kier alpha value is -0.380. The fraction of sp³-hybridized carbons (Fsp3) is 0.538. The Kier molecular flexibility index (Phi) is 6.78. The lowest BCUT2D eigenvalue weighted by Gasteiger charge is -2.17. The van der Waals surface area contributed by atoms with Gasteiger partial charge in [-0.3, -0.25) is 0 Å². The zero-order valence-electron chi connectivity index (χ0n) is 10.6. The Bertz CT molecular complexity index is 320. The molecule has 1 aromatic carbocycles. The molecule has 96 valence electrons. The molecule has 0 unspecified atom stereocenters. The summed E-state index contributed by atoms with van der Waals surface area (Å²) in [7, 11) is 0. The zero-order valence-corrected chi connectivity index (χ0v) is 12.2. The molecule has 17 heavy (non-hydrogen) atoms. The van der Waals surface area contributed by atoms with Crippen molar-refractivity contribution in [2.24, 2.45) is 0 Å². The summed E-state index contributed by atoms with van der Waals surface area (Å²) in [5, 5.41) is 0.778. The molecule has 0 aliphatic heterocycles. The van der Waals surface area contributed by atoms with E-state index in [0.717, 1.165) is 47.4 Å². The predicted molar refractivity (Wildman–Crippen MR) is 79.8 cm³/mol. The van der Waals surface area contributed by atoms with E-state index in [2.05, 4.69) is 18.7 Å². The van der Waals surface area contributed by atoms with Gasteiger partial charge in [-0.1, -0.05) is 31.5 Å². The van der Waals surface area contributed by atoms with Gasteiger partial charge in [-0.25, -0.2) is 0 Å². The highest BCUT2D eigenvalue weighted by Crippen LogP contribution is 2.26. The Labute approximate surface area is 114 Å². The summed E-state index contributed by atoms with van der Waals surface area (Å²) in [5.41, 5.74) is 7.77. The van der Waals surface area contributed by atoms with Crippen LogP contribution >= 0.6 is 23.4 Å². The van der Waals surface area contributed by atoms with Crippen LogP contribution in [0.5, 0.6) is 0 Å². The summed E-state index contributed by atoms with van der Waals surface area (Å²) in [6, 6.07) is 5.70. The Morgan fingerprint density at radius 2 is 2.00 bits per heavy atom. The van der Waals surface area contributed by atoms with E-state index in [1.807, 2.05) is 30.0 Å². The highest BCUT2D eigenvalue weighted by atomic mass is 35.5. The minimum atomic E-state index is 0.778. The summed E-state index contributed by atoms with van der Waals surface area (Å²) >= 11 is 8.01. The molecule has 2 nitrogen and oxygen atoms in total. The van der Waals surface area contributed by atoms with Gasteiger partial charge in [-0.2, -0.15) is 11.8 Å². The van der Waals surface area contributed by atoms with Crippen molar-refractivity contribution in [1.29, 1.82) is 0 Å². The van der Waals surface area contributed by atoms with E-state index in [-0.39, 0.29) is 0 Å². The molecule has 0 heterocycles. The van der Waals surface area contributed by atoms with Crippen LogP contribution in [0.15, 0.2) is 18.2 Å². The second-order valence-corrected chi connectivity index (χ2v) is 5.40. The fourth-order valence-corrected chi connectivity index (χ4v) is 3.02. The van der Waals surface area contributed by atoms with E-state index in [9.17, 15) is 0 Å². The number of hydrogen-bond donors (Lipinski definition) is 1. The first-order valence-electron chi connectivity index (χ1n) is 6.02. The van der Waals surface area contributed by atoms with E-state index in [1.165, 1.54) is 0 Å². The van der Waals surface area contributed by atoms with E-state index in [0.29, 0.717) is 0 Å². The van der Waals surface area contributed by atoms with Gasteiger partial charge in [0.2, 0.25) is 0 Å². The molecule has 0 saturated heterocycles. The molecular weight excluding hydrogens is 252 g/mol. The quantitative estimate of drug-likeness (QED) is 0.609. The van der Waals surface area contributed by atoms with Gasteiger partial charge in [0, 0.05) is 34.3 Å². The van der Waals surface area contributed by atoms with Crippen molar-refractivity contribution in [3.8, 4) is 0 Å². The van der Waals surface area contributed by atoms with Crippen LogP contribution in [0.1, 0.15) is 19.4 Å². The van der Waals surface area contributed by atoms with Crippen LogP contribution in [0.4, 0.5) is 5.69 Å². The molecule has 0 saturated carbocycles. The normalized spacial score (nSPS) is 11.1. The van der Waals surface area contributed by atoms with Crippen molar-refractivity contribution in [2.45, 2.75) is 19.6 Å². The molecule has 0 aromatic heterocycles. The number of rotatable bonds is 7. The van der Waals surface area contributed by atoms with E-state index in [4.69, 9.17) is 17.3 Å². The first-order valence-corrected chi connectivity index (χ1v) is 7.55. The standard InChI is InChI=1S/C13H21ClN2S/c1-3-16(4-2)8-9-17-10-11-12(14)6-5-7-13(11)15/h5-7H,3-4,8-10,15H2,1-2H3. The summed E-state index contributed by atoms with van der Waals surface area (Å²) < 4.78 is 0. The highest BCUT2D eigenvalue weighted by molar-refractivity contribution is 7.98. The number of nitrogen functional groups attached to an aromatic ring is 1. The third-order valence-corrected chi connectivity index (χ3v) is 4.17. The molecule has 4 heteroatoms. The van der Waals surface area contributed by atoms with E-state index < -0.39 is 0 Å². The summed E-state index contributed by atoms with van der Waals surface area (Å²) in [6.07, 6.45) is 0. The third kappa shape index (κ3) is 4.78. The number of hydrogen-bond acceptors (Lipinski definition) is 3. The summed E-state index contributed by atoms with van der Waals surface area (Å²) in [6.45, 7) is 7.75. The molecule has 0 fully saturated rings. The summed E-state index contributed by atoms with van der Waals surface area (Å²) in [5.74, 6) is 2.01. The van der Waals surface area contributed by atoms with Crippen molar-refractivity contribution in [1.82, 2.24) is 4.90 Å². The van der Waals surface area contributed by atoms with Crippen molar-refractivity contribution >= 4 is 29.1 Å². The van der Waals surface area contributed by atoms with Crippen LogP contribution in [0.3, 0.4) is 0 Å². The Morgan fingerprint density at radius 1 is 1.29 bits per heavy atom. The third-order valence-electron chi connectivity index (χ3n) is 2.85. The van der Waals surface area contributed by atoms with Gasteiger partial charge < -0.3 is 10.6 Å². The zero-order chi connectivity index (χ0) is 12.7. The van der Waals surface area contributed by atoms with Crippen molar-refractivity contribution in [2.75, 3.05) is 31.1 Å². The van der Waals surface area contributed by atoms with Crippen LogP contribution < -0.4 is 5.73 Å². The molecule has 0 bridgehead atoms. The molecule has 1 aromatic rings. The molecule has 0 amide bonds. The van der Waals surface area contributed by atoms with Crippen molar-refractivity contribution < 1.29 is 0 Å². The van der Waals surface area contributed by atoms with Crippen LogP contribution in [-0.2, 0) is 5.75 Å². The first-order chi connectivity index (χ1) is 8.19. The largest absolute Gasteiger partial charge is 0.398 e. The van der Waals surface area contributed by atoms with Gasteiger partial charge >= 0.3 is 0 Å². The lowest BCUT2D eigenvalue weighted by molar-refractivity contribution is 0.324. The van der Waals surface area contributed by atoms with E-state index >= 15 is 0 Å². The average Bonchev–Trinajstić information content (AvgIpc) is 2.32. The monoisotopic (exact) mass is 272 g/mol. The fourth-order valence-electron chi connectivity index (χ4n) is 1.64. The number of benzene rings is 1. The van der Waals surface area contributed by atoms with E-state index in [1.54, 1.807) is 0 Å². The maximum Gasteiger partial charge on any atom is 0.0466 e. The van der Waals surface area contributed by atoms with Crippen LogP contribution in [0, 0.1) is 0 Å². The molecule has 0 radical (unpaired) electrons. The Morgan fingerprint density at radius 3 is 2.59 bits per heavy atom. The molecule has 0 atom stereocenters. The topological polar surface area (TPSA) is 29.3 Å². The predicted octanol–water partition coefficient (Wildman–Crippen LogP) is 3.50. The molecule has 0 aliphatic rings. The minimum Gasteiger partial charge on any atom is -0.398 e. The molecule has 0 spiro atoms. The highest BCUT2D eigenvalue weighted by Gasteiger charge is 2.05. The number of thioether (sulfide) groups is 1. The Balaban J connectivity index is 2.36. The average molecular weight is 273 g/mol. The number of nitrogens with two attached hydrogens (primary N) is 1. The SMILES string of the molecule is CCN(CC)CCSCc1c(N)cccc1Cl. The maximum atomic E-state index is 6.12. The van der Waals surface area contributed by atoms with Crippen molar-refractivity contribution in [3.05, 3.63) is 28.8 Å². The van der Waals surface area contributed by atoms with Crippen LogP contribution in [0.2, 0.25) is 5.02 Å². The van der Waals surface area contributed by atoms with Gasteiger partial charge in [0.05, 0.1) is 0 Å². The summed E-state index contributed by atoms with van der Waals surface area (Å²) in [4.78, 5) is 2.42. The first kappa shape index (κ1) is 14.7. The van der Waals surface area contributed by atoms with Crippen LogP contribution in [0.25, 0.3) is 0 Å². The van der Waals surface area contributed by atoms with Gasteiger partial charge in [-0.15, -0.1) is 0 Å². The lowest BCUT2D eigenvalue weighted by atomic mass is 10.2. The van der Waals surface area contributed by atoms with Gasteiger partial charge in [0.15, 0.2) is 0 Å². The number of anilines is 1. The van der Waals surface area contributed by atoms with Gasteiger partial charge in [-0.05, 0) is 25.2 Å². The number of nitrogens with zero attached hydrogens (tertiary/aromatic N) is 1. The molecule has 0 aliphatic carbocycles. The minimum absolute atomic E-state index is 0.778. The van der Waals surface area contributed by atoms with Gasteiger partial charge in [0.1, 0.15) is 0 Å². The molecule has 2 N–H and O–H groups in total. The second kappa shape index (κ2) is 7.85. The van der Waals surface area contributed by atoms with Gasteiger partial charge in [0.25, 0.3) is 0 Å². The smallest absolute Gasteiger partial charge is 0.0466 e. The molecular formula is C13H21ClN2S. The lowest BCUT2D eigenvalue weighted by Crippen LogP contribution is -2.25. The maximum absolute atomic E-state index is 6.12.